The highest BCUT2D eigenvalue weighted by Crippen LogP contribution is 2.22. The third-order valence-electron chi connectivity index (χ3n) is 4.54. The van der Waals surface area contributed by atoms with Crippen LogP contribution in [0.25, 0.3) is 0 Å². The van der Waals surface area contributed by atoms with E-state index in [4.69, 9.17) is 9.47 Å². The van der Waals surface area contributed by atoms with Gasteiger partial charge < -0.3 is 24.6 Å². The third kappa shape index (κ3) is 4.53. The fourth-order valence-corrected chi connectivity index (χ4v) is 3.46. The van der Waals surface area contributed by atoms with E-state index >= 15 is 0 Å². The monoisotopic (exact) mass is 361 g/mol. The molecule has 3 rings (SSSR count). The summed E-state index contributed by atoms with van der Waals surface area (Å²) in [5.74, 6) is -0.00469. The van der Waals surface area contributed by atoms with E-state index < -0.39 is 0 Å². The van der Waals surface area contributed by atoms with Gasteiger partial charge in [-0.2, -0.15) is 0 Å². The van der Waals surface area contributed by atoms with Crippen LogP contribution in [0.1, 0.15) is 31.1 Å². The molecule has 1 atom stereocenters. The maximum absolute atomic E-state index is 12.5. The predicted octanol–water partition coefficient (Wildman–Crippen LogP) is 2.19. The lowest BCUT2D eigenvalue weighted by molar-refractivity contribution is -0.116. The number of urea groups is 1. The topological polar surface area (TPSA) is 71.1 Å². The molecule has 0 saturated carbocycles. The van der Waals surface area contributed by atoms with Gasteiger partial charge >= 0.3 is 6.03 Å². The van der Waals surface area contributed by atoms with Gasteiger partial charge in [0.25, 0.3) is 5.91 Å². The number of carbonyl (C=O) groups is 2. The molecule has 3 amide bonds. The van der Waals surface area contributed by atoms with Crippen LogP contribution in [-0.2, 0) is 9.47 Å². The molecule has 0 bridgehead atoms. The Morgan fingerprint density at radius 3 is 2.38 bits per heavy atom. The Kier molecular flexibility index (Phi) is 5.48. The fourth-order valence-electron chi connectivity index (χ4n) is 3.46. The van der Waals surface area contributed by atoms with Crippen molar-refractivity contribution in [1.29, 1.82) is 0 Å². The van der Waals surface area contributed by atoms with Crippen molar-refractivity contribution >= 4 is 17.6 Å². The standard InChI is InChI=1S/C19H27N3O4/c1-14-12-22(13-19(2,3)26-14)18(24)20-16-6-4-15(5-7-16)17(23)21-8-10-25-11-9-21/h4-7,14H,8-13H2,1-3H3,(H,20,24). The van der Waals surface area contributed by atoms with Crippen molar-refractivity contribution in [2.24, 2.45) is 0 Å². The van der Waals surface area contributed by atoms with Gasteiger partial charge in [-0.3, -0.25) is 4.79 Å². The molecule has 1 N–H and O–H groups in total. The van der Waals surface area contributed by atoms with E-state index in [2.05, 4.69) is 5.32 Å². The molecule has 0 spiro atoms. The summed E-state index contributed by atoms with van der Waals surface area (Å²) in [5.41, 5.74) is 0.931. The van der Waals surface area contributed by atoms with Crippen LogP contribution in [0.2, 0.25) is 0 Å². The number of anilines is 1. The first-order valence-corrected chi connectivity index (χ1v) is 9.05. The fraction of sp³-hybridized carbons (Fsp3) is 0.579. The third-order valence-corrected chi connectivity index (χ3v) is 4.54. The molecule has 2 aliphatic rings. The molecule has 2 aliphatic heterocycles. The number of nitrogens with one attached hydrogen (secondary N) is 1. The zero-order chi connectivity index (χ0) is 18.7. The summed E-state index contributed by atoms with van der Waals surface area (Å²) in [6, 6.07) is 6.88. The summed E-state index contributed by atoms with van der Waals surface area (Å²) in [5, 5.41) is 2.90. The van der Waals surface area contributed by atoms with E-state index in [1.807, 2.05) is 20.8 Å². The van der Waals surface area contributed by atoms with Crippen LogP contribution >= 0.6 is 0 Å². The molecule has 0 aliphatic carbocycles. The summed E-state index contributed by atoms with van der Waals surface area (Å²) in [7, 11) is 0. The maximum Gasteiger partial charge on any atom is 0.322 e. The number of hydrogen-bond donors (Lipinski definition) is 1. The van der Waals surface area contributed by atoms with Crippen molar-refractivity contribution in [3.05, 3.63) is 29.8 Å². The lowest BCUT2D eigenvalue weighted by Crippen LogP contribution is -2.54. The minimum Gasteiger partial charge on any atom is -0.378 e. The summed E-state index contributed by atoms with van der Waals surface area (Å²) < 4.78 is 11.1. The Bertz CT molecular complexity index is 653. The molecule has 2 fully saturated rings. The second-order valence-electron chi connectivity index (χ2n) is 7.48. The number of ether oxygens (including phenoxy) is 2. The number of amides is 3. The second kappa shape index (κ2) is 7.63. The smallest absolute Gasteiger partial charge is 0.322 e. The molecule has 7 heteroatoms. The first-order chi connectivity index (χ1) is 12.3. The normalized spacial score (nSPS) is 22.8. The largest absolute Gasteiger partial charge is 0.378 e. The van der Waals surface area contributed by atoms with Gasteiger partial charge in [0.1, 0.15) is 0 Å². The lowest BCUT2D eigenvalue weighted by atomic mass is 10.1. The van der Waals surface area contributed by atoms with Gasteiger partial charge in [0.2, 0.25) is 0 Å². The second-order valence-corrected chi connectivity index (χ2v) is 7.48. The van der Waals surface area contributed by atoms with Crippen LogP contribution in [0.5, 0.6) is 0 Å². The first-order valence-electron chi connectivity index (χ1n) is 9.05. The van der Waals surface area contributed by atoms with Crippen molar-refractivity contribution in [2.45, 2.75) is 32.5 Å². The van der Waals surface area contributed by atoms with Crippen LogP contribution in [0.4, 0.5) is 10.5 Å². The van der Waals surface area contributed by atoms with Crippen LogP contribution < -0.4 is 5.32 Å². The molecular formula is C19H27N3O4. The number of benzene rings is 1. The first kappa shape index (κ1) is 18.7. The van der Waals surface area contributed by atoms with Gasteiger partial charge in [-0.05, 0) is 45.0 Å². The van der Waals surface area contributed by atoms with Gasteiger partial charge in [0.05, 0.1) is 31.5 Å². The highest BCUT2D eigenvalue weighted by atomic mass is 16.5. The number of carbonyl (C=O) groups excluding carboxylic acids is 2. The predicted molar refractivity (Wildman–Crippen MR) is 98.4 cm³/mol. The zero-order valence-corrected chi connectivity index (χ0v) is 15.7. The van der Waals surface area contributed by atoms with Crippen molar-refractivity contribution in [3.8, 4) is 0 Å². The van der Waals surface area contributed by atoms with E-state index in [0.29, 0.717) is 50.6 Å². The Labute approximate surface area is 154 Å². The molecular weight excluding hydrogens is 334 g/mol. The zero-order valence-electron chi connectivity index (χ0n) is 15.7. The molecule has 1 aromatic carbocycles. The van der Waals surface area contributed by atoms with Crippen LogP contribution in [0.3, 0.4) is 0 Å². The summed E-state index contributed by atoms with van der Waals surface area (Å²) in [6.45, 7) is 9.41. The van der Waals surface area contributed by atoms with E-state index in [1.165, 1.54) is 0 Å². The van der Waals surface area contributed by atoms with Crippen molar-refractivity contribution < 1.29 is 19.1 Å². The van der Waals surface area contributed by atoms with Gasteiger partial charge in [-0.15, -0.1) is 0 Å². The number of nitrogens with zero attached hydrogens (tertiary/aromatic N) is 2. The van der Waals surface area contributed by atoms with E-state index in [0.717, 1.165) is 0 Å². The molecule has 0 radical (unpaired) electrons. The number of hydrogen-bond acceptors (Lipinski definition) is 4. The minimum atomic E-state index is -0.358. The number of rotatable bonds is 2. The van der Waals surface area contributed by atoms with Crippen molar-refractivity contribution in [3.63, 3.8) is 0 Å². The highest BCUT2D eigenvalue weighted by molar-refractivity contribution is 5.95. The molecule has 142 valence electrons. The van der Waals surface area contributed by atoms with Crippen LogP contribution in [0.15, 0.2) is 24.3 Å². The van der Waals surface area contributed by atoms with E-state index in [9.17, 15) is 9.59 Å². The van der Waals surface area contributed by atoms with Crippen LogP contribution in [-0.4, -0.2) is 72.8 Å². The quantitative estimate of drug-likeness (QED) is 0.877. The van der Waals surface area contributed by atoms with Crippen LogP contribution in [0, 0.1) is 0 Å². The van der Waals surface area contributed by atoms with Gasteiger partial charge in [0, 0.05) is 30.9 Å². The lowest BCUT2D eigenvalue weighted by Gasteiger charge is -2.41. The average Bonchev–Trinajstić information content (AvgIpc) is 2.61. The number of morpholine rings is 2. The summed E-state index contributed by atoms with van der Waals surface area (Å²) in [4.78, 5) is 28.5. The van der Waals surface area contributed by atoms with Gasteiger partial charge in [0.15, 0.2) is 0 Å². The molecule has 1 unspecified atom stereocenters. The van der Waals surface area contributed by atoms with Gasteiger partial charge in [-0.1, -0.05) is 0 Å². The Hall–Kier alpha value is -2.12. The molecule has 7 nitrogen and oxygen atoms in total. The Balaban J connectivity index is 1.60. The molecule has 0 aromatic heterocycles. The average molecular weight is 361 g/mol. The van der Waals surface area contributed by atoms with E-state index in [1.54, 1.807) is 34.1 Å². The summed E-state index contributed by atoms with van der Waals surface area (Å²) in [6.07, 6.45) is -0.00183. The van der Waals surface area contributed by atoms with Crippen molar-refractivity contribution in [1.82, 2.24) is 9.80 Å². The molecule has 1 aromatic rings. The SMILES string of the molecule is CC1CN(C(=O)Nc2ccc(C(=O)N3CCOCC3)cc2)CC(C)(C)O1. The Morgan fingerprint density at radius 2 is 1.77 bits per heavy atom. The highest BCUT2D eigenvalue weighted by Gasteiger charge is 2.33. The summed E-state index contributed by atoms with van der Waals surface area (Å²) >= 11 is 0. The van der Waals surface area contributed by atoms with Crippen molar-refractivity contribution in [2.75, 3.05) is 44.7 Å². The molecule has 2 saturated heterocycles. The molecule has 26 heavy (non-hydrogen) atoms. The van der Waals surface area contributed by atoms with Gasteiger partial charge in [-0.25, -0.2) is 4.79 Å². The minimum absolute atomic E-state index is 0.00183. The molecule has 2 heterocycles. The van der Waals surface area contributed by atoms with E-state index in [-0.39, 0.29) is 23.6 Å². The maximum atomic E-state index is 12.5. The Morgan fingerprint density at radius 1 is 1.12 bits per heavy atom.